The first-order valence-electron chi connectivity index (χ1n) is 5.12. The molecule has 0 bridgehead atoms. The van der Waals surface area contributed by atoms with Crippen LogP contribution in [0.3, 0.4) is 0 Å². The Hall–Kier alpha value is -0.750. The molecule has 2 nitrogen and oxygen atoms in total. The van der Waals surface area contributed by atoms with Crippen LogP contribution in [0.2, 0.25) is 0 Å². The summed E-state index contributed by atoms with van der Waals surface area (Å²) < 4.78 is 37.1. The van der Waals surface area contributed by atoms with E-state index in [1.807, 2.05) is 0 Å². The van der Waals surface area contributed by atoms with E-state index < -0.39 is 18.6 Å². The van der Waals surface area contributed by atoms with Gasteiger partial charge >= 0.3 is 6.18 Å². The van der Waals surface area contributed by atoms with E-state index >= 15 is 0 Å². The van der Waals surface area contributed by atoms with Gasteiger partial charge in [-0.2, -0.15) is 13.2 Å². The van der Waals surface area contributed by atoms with E-state index in [2.05, 4.69) is 21.2 Å². The lowest BCUT2D eigenvalue weighted by molar-refractivity contribution is -0.139. The van der Waals surface area contributed by atoms with E-state index in [-0.39, 0.29) is 0 Å². The molecule has 96 valence electrons. The lowest BCUT2D eigenvalue weighted by atomic mass is 10.1. The molecule has 0 saturated heterocycles. The van der Waals surface area contributed by atoms with Crippen LogP contribution < -0.4 is 11.1 Å². The van der Waals surface area contributed by atoms with Gasteiger partial charge in [-0.3, -0.25) is 0 Å². The van der Waals surface area contributed by atoms with Crippen LogP contribution in [0.25, 0.3) is 0 Å². The third-order valence-corrected chi connectivity index (χ3v) is 3.02. The minimum atomic E-state index is -4.14. The summed E-state index contributed by atoms with van der Waals surface area (Å²) in [7, 11) is 0. The minimum absolute atomic E-state index is 0.350. The number of nitrogens with two attached hydrogens (primary N) is 1. The summed E-state index contributed by atoms with van der Waals surface area (Å²) >= 11 is 3.32. The van der Waals surface area contributed by atoms with Gasteiger partial charge in [-0.05, 0) is 30.7 Å². The molecule has 6 heteroatoms. The van der Waals surface area contributed by atoms with Crippen molar-refractivity contribution in [1.29, 1.82) is 0 Å². The van der Waals surface area contributed by atoms with Gasteiger partial charge in [0.2, 0.25) is 0 Å². The number of hydrogen-bond acceptors (Lipinski definition) is 2. The number of hydrogen-bond donors (Lipinski definition) is 2. The normalized spacial score (nSPS) is 13.7. The van der Waals surface area contributed by atoms with E-state index in [9.17, 15) is 13.2 Å². The van der Waals surface area contributed by atoms with Gasteiger partial charge in [0.1, 0.15) is 0 Å². The molecular weight excluding hydrogens is 297 g/mol. The Labute approximate surface area is 107 Å². The molecule has 17 heavy (non-hydrogen) atoms. The van der Waals surface area contributed by atoms with Crippen molar-refractivity contribution < 1.29 is 13.2 Å². The highest BCUT2D eigenvalue weighted by atomic mass is 79.9. The zero-order valence-corrected chi connectivity index (χ0v) is 10.9. The van der Waals surface area contributed by atoms with Crippen LogP contribution >= 0.6 is 15.9 Å². The quantitative estimate of drug-likeness (QED) is 0.836. The molecule has 0 fully saturated rings. The minimum Gasteiger partial charge on any atom is -0.399 e. The molecule has 0 radical (unpaired) electrons. The Kier molecular flexibility index (Phi) is 4.82. The number of rotatable bonds is 4. The first-order valence-corrected chi connectivity index (χ1v) is 5.91. The molecule has 0 spiro atoms. The zero-order valence-electron chi connectivity index (χ0n) is 9.31. The Morgan fingerprint density at radius 1 is 1.41 bits per heavy atom. The molecule has 0 amide bonds. The highest BCUT2D eigenvalue weighted by Gasteiger charge is 2.29. The van der Waals surface area contributed by atoms with Gasteiger partial charge in [0.05, 0.1) is 6.42 Å². The summed E-state index contributed by atoms with van der Waals surface area (Å²) in [5, 5.41) is 2.82. The number of halogens is 4. The van der Waals surface area contributed by atoms with E-state index in [4.69, 9.17) is 5.73 Å². The van der Waals surface area contributed by atoms with Crippen molar-refractivity contribution in [1.82, 2.24) is 5.32 Å². The van der Waals surface area contributed by atoms with Gasteiger partial charge < -0.3 is 11.1 Å². The van der Waals surface area contributed by atoms with Gasteiger partial charge in [0, 0.05) is 22.7 Å². The number of nitrogen functional groups attached to an aromatic ring is 1. The highest BCUT2D eigenvalue weighted by Crippen LogP contribution is 2.23. The maximum absolute atomic E-state index is 12.1. The van der Waals surface area contributed by atoms with Crippen molar-refractivity contribution in [3.63, 3.8) is 0 Å². The van der Waals surface area contributed by atoms with Crippen LogP contribution in [0.5, 0.6) is 0 Å². The molecule has 1 unspecified atom stereocenters. The molecule has 0 aliphatic heterocycles. The smallest absolute Gasteiger partial charge is 0.390 e. The van der Waals surface area contributed by atoms with Gasteiger partial charge in [0.25, 0.3) is 0 Å². The van der Waals surface area contributed by atoms with E-state index in [0.29, 0.717) is 12.2 Å². The van der Waals surface area contributed by atoms with Crippen LogP contribution in [-0.2, 0) is 6.54 Å². The Morgan fingerprint density at radius 2 is 2.06 bits per heavy atom. The van der Waals surface area contributed by atoms with Crippen LogP contribution in [0, 0.1) is 0 Å². The summed E-state index contributed by atoms with van der Waals surface area (Å²) in [6.45, 7) is 1.86. The number of benzene rings is 1. The fourth-order valence-corrected chi connectivity index (χ4v) is 1.82. The molecule has 3 N–H and O–H groups in total. The van der Waals surface area contributed by atoms with E-state index in [0.717, 1.165) is 10.0 Å². The van der Waals surface area contributed by atoms with Gasteiger partial charge in [-0.25, -0.2) is 0 Å². The second-order valence-electron chi connectivity index (χ2n) is 3.95. The molecular formula is C11H14BrF3N2. The topological polar surface area (TPSA) is 38.0 Å². The van der Waals surface area contributed by atoms with Gasteiger partial charge in [-0.1, -0.05) is 15.9 Å². The summed E-state index contributed by atoms with van der Waals surface area (Å²) in [5.74, 6) is 0. The van der Waals surface area contributed by atoms with Crippen molar-refractivity contribution in [3.05, 3.63) is 28.2 Å². The zero-order chi connectivity index (χ0) is 13.1. The molecule has 0 aliphatic carbocycles. The average molecular weight is 311 g/mol. The van der Waals surface area contributed by atoms with Gasteiger partial charge in [-0.15, -0.1) is 0 Å². The standard InChI is InChI=1S/C11H14BrF3N2/c1-7(5-11(13,14)15)17-6-8-4-9(16)2-3-10(8)12/h2-4,7,17H,5-6,16H2,1H3. The molecule has 1 rings (SSSR count). The molecule has 0 saturated carbocycles. The van der Waals surface area contributed by atoms with Crippen LogP contribution in [0.1, 0.15) is 18.9 Å². The Bertz CT molecular complexity index is 379. The van der Waals surface area contributed by atoms with Crippen molar-refractivity contribution >= 4 is 21.6 Å². The molecule has 0 heterocycles. The molecule has 0 aromatic heterocycles. The number of nitrogens with one attached hydrogen (secondary N) is 1. The van der Waals surface area contributed by atoms with Crippen molar-refractivity contribution in [2.45, 2.75) is 32.1 Å². The summed E-state index contributed by atoms with van der Waals surface area (Å²) in [6, 6.07) is 4.62. The lowest BCUT2D eigenvalue weighted by Crippen LogP contribution is -2.30. The predicted octanol–water partition coefficient (Wildman–Crippen LogP) is 3.46. The maximum atomic E-state index is 12.1. The largest absolute Gasteiger partial charge is 0.399 e. The Morgan fingerprint density at radius 3 is 2.65 bits per heavy atom. The highest BCUT2D eigenvalue weighted by molar-refractivity contribution is 9.10. The fraction of sp³-hybridized carbons (Fsp3) is 0.455. The van der Waals surface area contributed by atoms with Gasteiger partial charge in [0.15, 0.2) is 0 Å². The van der Waals surface area contributed by atoms with E-state index in [1.54, 1.807) is 18.2 Å². The average Bonchev–Trinajstić information content (AvgIpc) is 2.17. The van der Waals surface area contributed by atoms with Crippen molar-refractivity contribution in [3.8, 4) is 0 Å². The van der Waals surface area contributed by atoms with Crippen LogP contribution in [-0.4, -0.2) is 12.2 Å². The Balaban J connectivity index is 2.53. The van der Waals surface area contributed by atoms with E-state index in [1.165, 1.54) is 6.92 Å². The SMILES string of the molecule is CC(CC(F)(F)F)NCc1cc(N)ccc1Br. The summed E-state index contributed by atoms with van der Waals surface area (Å²) in [4.78, 5) is 0. The number of alkyl halides is 3. The maximum Gasteiger partial charge on any atom is 0.390 e. The summed E-state index contributed by atoms with van der Waals surface area (Å²) in [5.41, 5.74) is 7.04. The van der Waals surface area contributed by atoms with Crippen LogP contribution in [0.4, 0.5) is 18.9 Å². The lowest BCUT2D eigenvalue weighted by Gasteiger charge is -2.16. The first-order chi connectivity index (χ1) is 7.78. The molecule has 1 aromatic carbocycles. The van der Waals surface area contributed by atoms with Crippen LogP contribution in [0.15, 0.2) is 22.7 Å². The predicted molar refractivity (Wildman–Crippen MR) is 65.5 cm³/mol. The third-order valence-electron chi connectivity index (χ3n) is 2.25. The van der Waals surface area contributed by atoms with Crippen molar-refractivity contribution in [2.24, 2.45) is 0 Å². The first kappa shape index (κ1) is 14.3. The second kappa shape index (κ2) is 5.73. The monoisotopic (exact) mass is 310 g/mol. The summed E-state index contributed by atoms with van der Waals surface area (Å²) in [6.07, 6.45) is -4.98. The molecule has 0 aliphatic rings. The van der Waals surface area contributed by atoms with Crippen molar-refractivity contribution in [2.75, 3.05) is 5.73 Å². The molecule has 1 atom stereocenters. The third kappa shape index (κ3) is 5.41. The fourth-order valence-electron chi connectivity index (χ4n) is 1.43. The second-order valence-corrected chi connectivity index (χ2v) is 4.81. The molecule has 1 aromatic rings. The number of anilines is 1.